The van der Waals surface area contributed by atoms with E-state index >= 15 is 0 Å². The number of nitrogen functional groups attached to an aromatic ring is 1. The molecule has 138 valence electrons. The van der Waals surface area contributed by atoms with E-state index in [4.69, 9.17) is 11.5 Å². The van der Waals surface area contributed by atoms with Gasteiger partial charge in [0, 0.05) is 43.2 Å². The number of primary amides is 1. The first-order chi connectivity index (χ1) is 12.4. The van der Waals surface area contributed by atoms with E-state index < -0.39 is 5.91 Å². The molecule has 0 saturated carbocycles. The molecule has 0 bridgehead atoms. The predicted molar refractivity (Wildman–Crippen MR) is 107 cm³/mol. The Kier molecular flexibility index (Phi) is 5.04. The summed E-state index contributed by atoms with van der Waals surface area (Å²) in [6.07, 6.45) is 0. The van der Waals surface area contributed by atoms with E-state index in [0.29, 0.717) is 5.56 Å². The van der Waals surface area contributed by atoms with Gasteiger partial charge in [0.25, 0.3) is 5.91 Å². The Morgan fingerprint density at radius 1 is 1.00 bits per heavy atom. The maximum absolute atomic E-state index is 11.7. The van der Waals surface area contributed by atoms with Crippen molar-refractivity contribution in [3.05, 3.63) is 54.1 Å². The largest absolute Gasteiger partial charge is 0.399 e. The smallest absolute Gasteiger partial charge is 0.250 e. The number of nitrogens with two attached hydrogens (primary N) is 2. The summed E-state index contributed by atoms with van der Waals surface area (Å²) in [7, 11) is 0. The van der Waals surface area contributed by atoms with Crippen molar-refractivity contribution in [3.63, 3.8) is 0 Å². The topological polar surface area (TPSA) is 87.6 Å². The molecule has 1 fully saturated rings. The molecule has 1 saturated heterocycles. The van der Waals surface area contributed by atoms with Crippen LogP contribution in [0.25, 0.3) is 0 Å². The number of carbonyl (C=O) groups excluding carboxylic acids is 1. The quantitative estimate of drug-likeness (QED) is 0.718. The minimum Gasteiger partial charge on any atom is -0.399 e. The van der Waals surface area contributed by atoms with Gasteiger partial charge in [0.2, 0.25) is 0 Å². The zero-order chi connectivity index (χ0) is 18.7. The molecule has 26 heavy (non-hydrogen) atoms. The normalized spacial score (nSPS) is 15.7. The van der Waals surface area contributed by atoms with Crippen molar-refractivity contribution in [1.82, 2.24) is 4.90 Å². The highest BCUT2D eigenvalue weighted by Crippen LogP contribution is 2.25. The van der Waals surface area contributed by atoms with E-state index in [-0.39, 0.29) is 5.66 Å². The van der Waals surface area contributed by atoms with Gasteiger partial charge in [0.05, 0.1) is 11.2 Å². The highest BCUT2D eigenvalue weighted by molar-refractivity contribution is 5.98. The summed E-state index contributed by atoms with van der Waals surface area (Å²) in [4.78, 5) is 16.4. The third kappa shape index (κ3) is 3.91. The molecule has 0 spiro atoms. The molecular formula is C20H27N5O. The molecule has 0 aliphatic carbocycles. The van der Waals surface area contributed by atoms with Crippen LogP contribution in [0.5, 0.6) is 0 Å². The minimum atomic E-state index is -0.419. The molecule has 1 aliphatic heterocycles. The summed E-state index contributed by atoms with van der Waals surface area (Å²) < 4.78 is 0. The Balaban J connectivity index is 1.66. The lowest BCUT2D eigenvalue weighted by Crippen LogP contribution is -2.58. The van der Waals surface area contributed by atoms with Crippen LogP contribution < -0.4 is 21.7 Å². The van der Waals surface area contributed by atoms with E-state index in [2.05, 4.69) is 41.1 Å². The van der Waals surface area contributed by atoms with Crippen molar-refractivity contribution >= 4 is 23.0 Å². The predicted octanol–water partition coefficient (Wildman–Crippen LogP) is 2.34. The third-order valence-electron chi connectivity index (χ3n) is 4.96. The molecule has 0 atom stereocenters. The average Bonchev–Trinajstić information content (AvgIpc) is 2.62. The van der Waals surface area contributed by atoms with Crippen molar-refractivity contribution in [2.24, 2.45) is 5.73 Å². The second-order valence-corrected chi connectivity index (χ2v) is 7.16. The Morgan fingerprint density at radius 3 is 2.23 bits per heavy atom. The fourth-order valence-electron chi connectivity index (χ4n) is 3.42. The molecule has 1 aliphatic rings. The summed E-state index contributed by atoms with van der Waals surface area (Å²) in [6.45, 7) is 7.97. The van der Waals surface area contributed by atoms with Crippen LogP contribution in [0.4, 0.5) is 17.1 Å². The maximum Gasteiger partial charge on any atom is 0.250 e. The van der Waals surface area contributed by atoms with E-state index in [0.717, 1.165) is 37.6 Å². The zero-order valence-electron chi connectivity index (χ0n) is 15.4. The lowest BCUT2D eigenvalue weighted by Gasteiger charge is -2.45. The summed E-state index contributed by atoms with van der Waals surface area (Å²) in [5.74, 6) is -0.419. The Labute approximate surface area is 154 Å². The Hall–Kier alpha value is -2.73. The zero-order valence-corrected chi connectivity index (χ0v) is 15.4. The number of piperazine rings is 1. The van der Waals surface area contributed by atoms with Crippen LogP contribution >= 0.6 is 0 Å². The molecule has 5 N–H and O–H groups in total. The molecular weight excluding hydrogens is 326 g/mol. The van der Waals surface area contributed by atoms with Crippen LogP contribution in [0.2, 0.25) is 0 Å². The number of nitrogens with zero attached hydrogens (tertiary/aromatic N) is 2. The van der Waals surface area contributed by atoms with Gasteiger partial charge in [-0.3, -0.25) is 9.69 Å². The van der Waals surface area contributed by atoms with Gasteiger partial charge in [0.1, 0.15) is 0 Å². The number of carbonyl (C=O) groups is 1. The second kappa shape index (κ2) is 7.25. The van der Waals surface area contributed by atoms with Crippen molar-refractivity contribution in [2.45, 2.75) is 19.5 Å². The van der Waals surface area contributed by atoms with Gasteiger partial charge in [-0.2, -0.15) is 0 Å². The number of anilines is 3. The van der Waals surface area contributed by atoms with Crippen LogP contribution in [0.1, 0.15) is 24.2 Å². The molecule has 0 unspecified atom stereocenters. The first kappa shape index (κ1) is 18.1. The average molecular weight is 353 g/mol. The minimum absolute atomic E-state index is 0.293. The Morgan fingerprint density at radius 2 is 1.62 bits per heavy atom. The number of rotatable bonds is 5. The van der Waals surface area contributed by atoms with Gasteiger partial charge in [-0.05, 0) is 50.2 Å². The highest BCUT2D eigenvalue weighted by atomic mass is 16.1. The third-order valence-corrected chi connectivity index (χ3v) is 4.96. The van der Waals surface area contributed by atoms with Crippen molar-refractivity contribution in [1.29, 1.82) is 0 Å². The fraction of sp³-hybridized carbons (Fsp3) is 0.350. The second-order valence-electron chi connectivity index (χ2n) is 7.16. The molecule has 2 aromatic rings. The lowest BCUT2D eigenvalue weighted by molar-refractivity contribution is 0.1000. The number of para-hydroxylation sites is 1. The molecule has 1 heterocycles. The molecule has 0 aromatic heterocycles. The highest BCUT2D eigenvalue weighted by Gasteiger charge is 2.30. The SMILES string of the molecule is CC(C)(Nc1ccccc1C(N)=O)N1CCN(c2ccc(N)cc2)CC1. The van der Waals surface area contributed by atoms with Crippen LogP contribution in [0.15, 0.2) is 48.5 Å². The number of nitrogens with one attached hydrogen (secondary N) is 1. The molecule has 1 amide bonds. The maximum atomic E-state index is 11.7. The van der Waals surface area contributed by atoms with E-state index in [1.54, 1.807) is 6.07 Å². The molecule has 3 rings (SSSR count). The summed E-state index contributed by atoms with van der Waals surface area (Å²) in [6, 6.07) is 15.4. The van der Waals surface area contributed by atoms with Gasteiger partial charge in [-0.15, -0.1) is 0 Å². The van der Waals surface area contributed by atoms with Gasteiger partial charge in [-0.25, -0.2) is 0 Å². The van der Waals surface area contributed by atoms with Gasteiger partial charge < -0.3 is 21.7 Å². The number of amides is 1. The number of hydrogen-bond donors (Lipinski definition) is 3. The molecule has 6 heteroatoms. The molecule has 6 nitrogen and oxygen atoms in total. The summed E-state index contributed by atoms with van der Waals surface area (Å²) >= 11 is 0. The van der Waals surface area contributed by atoms with Crippen molar-refractivity contribution < 1.29 is 4.79 Å². The Bertz CT molecular complexity index is 764. The standard InChI is InChI=1S/C20H27N5O/c1-20(2,23-18-6-4-3-5-17(18)19(22)26)25-13-11-24(12-14-25)16-9-7-15(21)8-10-16/h3-10,23H,11-14,21H2,1-2H3,(H2,22,26). The number of hydrogen-bond acceptors (Lipinski definition) is 5. The van der Waals surface area contributed by atoms with Gasteiger partial charge in [0.15, 0.2) is 0 Å². The first-order valence-electron chi connectivity index (χ1n) is 8.89. The lowest BCUT2D eigenvalue weighted by atomic mass is 10.1. The van der Waals surface area contributed by atoms with Gasteiger partial charge in [-0.1, -0.05) is 12.1 Å². The van der Waals surface area contributed by atoms with Crippen LogP contribution in [-0.2, 0) is 0 Å². The van der Waals surface area contributed by atoms with E-state index in [1.165, 1.54) is 5.69 Å². The van der Waals surface area contributed by atoms with Crippen LogP contribution in [-0.4, -0.2) is 42.6 Å². The monoisotopic (exact) mass is 353 g/mol. The molecule has 2 aromatic carbocycles. The van der Waals surface area contributed by atoms with Crippen LogP contribution in [0.3, 0.4) is 0 Å². The summed E-state index contributed by atoms with van der Waals surface area (Å²) in [5, 5.41) is 3.49. The van der Waals surface area contributed by atoms with Crippen LogP contribution in [0, 0.1) is 0 Å². The van der Waals surface area contributed by atoms with Gasteiger partial charge >= 0.3 is 0 Å². The molecule has 0 radical (unpaired) electrons. The number of benzene rings is 2. The van der Waals surface area contributed by atoms with Crippen molar-refractivity contribution in [2.75, 3.05) is 42.1 Å². The fourth-order valence-corrected chi connectivity index (χ4v) is 3.42. The van der Waals surface area contributed by atoms with E-state index in [9.17, 15) is 4.79 Å². The first-order valence-corrected chi connectivity index (χ1v) is 8.89. The van der Waals surface area contributed by atoms with Crippen molar-refractivity contribution in [3.8, 4) is 0 Å². The van der Waals surface area contributed by atoms with E-state index in [1.807, 2.05) is 30.3 Å². The summed E-state index contributed by atoms with van der Waals surface area (Å²) in [5.41, 5.74) is 14.2.